The second-order valence-corrected chi connectivity index (χ2v) is 3.59. The van der Waals surface area contributed by atoms with E-state index in [9.17, 15) is 4.39 Å². The summed E-state index contributed by atoms with van der Waals surface area (Å²) in [6.07, 6.45) is 1.12. The molecule has 1 saturated heterocycles. The molecule has 0 aliphatic carbocycles. The van der Waals surface area contributed by atoms with Gasteiger partial charge in [0.25, 0.3) is 0 Å². The summed E-state index contributed by atoms with van der Waals surface area (Å²) in [4.78, 5) is 2.02. The first kappa shape index (κ1) is 10.9. The second-order valence-electron chi connectivity index (χ2n) is 3.59. The molecule has 0 spiro atoms. The molecule has 0 radical (unpaired) electrons. The van der Waals surface area contributed by atoms with Gasteiger partial charge in [-0.3, -0.25) is 0 Å². The largest absolute Gasteiger partial charge is 0.389 e. The fourth-order valence-corrected chi connectivity index (χ4v) is 1.66. The van der Waals surface area contributed by atoms with Crippen LogP contribution in [0.2, 0.25) is 0 Å². The van der Waals surface area contributed by atoms with Crippen LogP contribution in [0, 0.1) is 0 Å². The predicted molar refractivity (Wildman–Crippen MR) is 48.5 cm³/mol. The third-order valence-corrected chi connectivity index (χ3v) is 2.49. The lowest BCUT2D eigenvalue weighted by Crippen LogP contribution is -2.41. The second kappa shape index (κ2) is 5.52. The van der Waals surface area contributed by atoms with Crippen LogP contribution >= 0.6 is 0 Å². The topological polar surface area (TPSA) is 32.7 Å². The Bertz CT molecular complexity index is 140. The van der Waals surface area contributed by atoms with Crippen LogP contribution in [0.5, 0.6) is 0 Å². The minimum Gasteiger partial charge on any atom is -0.389 e. The number of hydrogen-bond donors (Lipinski definition) is 1. The van der Waals surface area contributed by atoms with Crippen LogP contribution in [0.4, 0.5) is 4.39 Å². The fourth-order valence-electron chi connectivity index (χ4n) is 1.66. The molecule has 3 nitrogen and oxygen atoms in total. The summed E-state index contributed by atoms with van der Waals surface area (Å²) in [7, 11) is 1.93. The average Bonchev–Trinajstić information content (AvgIpc) is 2.19. The van der Waals surface area contributed by atoms with Crippen molar-refractivity contribution in [3.8, 4) is 0 Å². The first-order valence-corrected chi connectivity index (χ1v) is 4.76. The first-order valence-electron chi connectivity index (χ1n) is 4.76. The molecule has 0 amide bonds. The summed E-state index contributed by atoms with van der Waals surface area (Å²) in [5.41, 5.74) is 0. The van der Waals surface area contributed by atoms with Crippen molar-refractivity contribution in [1.82, 2.24) is 4.90 Å². The van der Waals surface area contributed by atoms with Crippen molar-refractivity contribution >= 4 is 0 Å². The lowest BCUT2D eigenvalue weighted by molar-refractivity contribution is 0.0212. The Morgan fingerprint density at radius 3 is 2.69 bits per heavy atom. The standard InChI is InChI=1S/C9H18FNO2/c1-11(7-9(12)6-10)8-2-4-13-5-3-8/h8-9,12H,2-7H2,1H3. The molecule has 0 aromatic rings. The maximum atomic E-state index is 12.0. The number of likely N-dealkylation sites (N-methyl/N-ethyl adjacent to an activating group) is 1. The molecule has 0 saturated carbocycles. The van der Waals surface area contributed by atoms with E-state index in [1.165, 1.54) is 0 Å². The van der Waals surface area contributed by atoms with Gasteiger partial charge in [-0.25, -0.2) is 4.39 Å². The molecule has 0 aromatic carbocycles. The molecule has 4 heteroatoms. The van der Waals surface area contributed by atoms with Crippen molar-refractivity contribution in [3.05, 3.63) is 0 Å². The summed E-state index contributed by atoms with van der Waals surface area (Å²) >= 11 is 0. The quantitative estimate of drug-likeness (QED) is 0.699. The van der Waals surface area contributed by atoms with Crippen LogP contribution in [-0.4, -0.2) is 55.6 Å². The van der Waals surface area contributed by atoms with Crippen LogP contribution in [0.1, 0.15) is 12.8 Å². The molecule has 1 aliphatic rings. The van der Waals surface area contributed by atoms with Crippen molar-refractivity contribution in [3.63, 3.8) is 0 Å². The van der Waals surface area contributed by atoms with Gasteiger partial charge in [-0.05, 0) is 19.9 Å². The summed E-state index contributed by atoms with van der Waals surface area (Å²) in [5, 5.41) is 9.11. The van der Waals surface area contributed by atoms with Gasteiger partial charge in [-0.1, -0.05) is 0 Å². The monoisotopic (exact) mass is 191 g/mol. The van der Waals surface area contributed by atoms with Gasteiger partial charge in [-0.15, -0.1) is 0 Å². The Balaban J connectivity index is 2.24. The van der Waals surface area contributed by atoms with Gasteiger partial charge < -0.3 is 14.7 Å². The molecule has 13 heavy (non-hydrogen) atoms. The van der Waals surface area contributed by atoms with E-state index in [1.54, 1.807) is 0 Å². The predicted octanol–water partition coefficient (Wildman–Crippen LogP) is 0.428. The summed E-state index contributed by atoms with van der Waals surface area (Å²) in [5.74, 6) is 0. The molecule has 1 heterocycles. The molecule has 1 unspecified atom stereocenters. The highest BCUT2D eigenvalue weighted by atomic mass is 19.1. The Kier molecular flexibility index (Phi) is 4.62. The Labute approximate surface area is 78.5 Å². The SMILES string of the molecule is CN(CC(O)CF)C1CCOCC1. The van der Waals surface area contributed by atoms with Gasteiger partial charge in [0, 0.05) is 25.8 Å². The molecule has 0 bridgehead atoms. The minimum absolute atomic E-state index is 0.418. The number of alkyl halides is 1. The zero-order chi connectivity index (χ0) is 9.68. The zero-order valence-corrected chi connectivity index (χ0v) is 8.08. The van der Waals surface area contributed by atoms with Crippen LogP contribution in [-0.2, 0) is 4.74 Å². The van der Waals surface area contributed by atoms with E-state index in [4.69, 9.17) is 9.84 Å². The third-order valence-electron chi connectivity index (χ3n) is 2.49. The third kappa shape index (κ3) is 3.58. The maximum absolute atomic E-state index is 12.0. The number of aliphatic hydroxyl groups is 1. The summed E-state index contributed by atoms with van der Waals surface area (Å²) in [6, 6.07) is 0.440. The van der Waals surface area contributed by atoms with E-state index in [2.05, 4.69) is 0 Å². The van der Waals surface area contributed by atoms with Crippen molar-refractivity contribution in [1.29, 1.82) is 0 Å². The van der Waals surface area contributed by atoms with E-state index < -0.39 is 12.8 Å². The van der Waals surface area contributed by atoms with Crippen molar-refractivity contribution in [2.24, 2.45) is 0 Å². The number of nitrogens with zero attached hydrogens (tertiary/aromatic N) is 1. The van der Waals surface area contributed by atoms with Crippen LogP contribution in [0.3, 0.4) is 0 Å². The Morgan fingerprint density at radius 2 is 2.15 bits per heavy atom. The van der Waals surface area contributed by atoms with Gasteiger partial charge in [-0.2, -0.15) is 0 Å². The van der Waals surface area contributed by atoms with E-state index in [-0.39, 0.29) is 0 Å². The normalized spacial score (nSPS) is 22.2. The highest BCUT2D eigenvalue weighted by molar-refractivity contribution is 4.73. The number of rotatable bonds is 4. The highest BCUT2D eigenvalue weighted by Crippen LogP contribution is 2.12. The molecular weight excluding hydrogens is 173 g/mol. The molecule has 0 aromatic heterocycles. The molecule has 1 fully saturated rings. The van der Waals surface area contributed by atoms with Crippen molar-refractivity contribution in [2.75, 3.05) is 33.5 Å². The maximum Gasteiger partial charge on any atom is 0.117 e. The molecule has 1 N–H and O–H groups in total. The van der Waals surface area contributed by atoms with Gasteiger partial charge in [0.15, 0.2) is 0 Å². The number of halogens is 1. The molecule has 78 valence electrons. The van der Waals surface area contributed by atoms with E-state index >= 15 is 0 Å². The van der Waals surface area contributed by atoms with Crippen molar-refractivity contribution in [2.45, 2.75) is 25.0 Å². The molecule has 1 rings (SSSR count). The van der Waals surface area contributed by atoms with Gasteiger partial charge >= 0.3 is 0 Å². The van der Waals surface area contributed by atoms with E-state index in [0.717, 1.165) is 26.1 Å². The van der Waals surface area contributed by atoms with Gasteiger partial charge in [0.1, 0.15) is 6.67 Å². The lowest BCUT2D eigenvalue weighted by Gasteiger charge is -2.31. The van der Waals surface area contributed by atoms with Crippen LogP contribution in [0.15, 0.2) is 0 Å². The number of aliphatic hydroxyl groups excluding tert-OH is 1. The van der Waals surface area contributed by atoms with Crippen LogP contribution < -0.4 is 0 Å². The molecule has 1 atom stereocenters. The highest BCUT2D eigenvalue weighted by Gasteiger charge is 2.20. The van der Waals surface area contributed by atoms with Crippen molar-refractivity contribution < 1.29 is 14.2 Å². The zero-order valence-electron chi connectivity index (χ0n) is 8.08. The van der Waals surface area contributed by atoms with E-state index in [0.29, 0.717) is 12.6 Å². The smallest absolute Gasteiger partial charge is 0.117 e. The van der Waals surface area contributed by atoms with Gasteiger partial charge in [0.05, 0.1) is 6.10 Å². The lowest BCUT2D eigenvalue weighted by atomic mass is 10.1. The Morgan fingerprint density at radius 1 is 1.54 bits per heavy atom. The number of hydrogen-bond acceptors (Lipinski definition) is 3. The summed E-state index contributed by atoms with van der Waals surface area (Å²) in [6.45, 7) is 1.32. The Hall–Kier alpha value is -0.190. The van der Waals surface area contributed by atoms with Crippen LogP contribution in [0.25, 0.3) is 0 Å². The fraction of sp³-hybridized carbons (Fsp3) is 1.00. The first-order chi connectivity index (χ1) is 6.24. The van der Waals surface area contributed by atoms with Gasteiger partial charge in [0.2, 0.25) is 0 Å². The number of ether oxygens (including phenoxy) is 1. The summed E-state index contributed by atoms with van der Waals surface area (Å²) < 4.78 is 17.2. The minimum atomic E-state index is -0.840. The molecule has 1 aliphatic heterocycles. The average molecular weight is 191 g/mol. The molecular formula is C9H18FNO2. The van der Waals surface area contributed by atoms with E-state index in [1.807, 2.05) is 11.9 Å².